The van der Waals surface area contributed by atoms with Crippen LogP contribution in [0.15, 0.2) is 51.9 Å². The van der Waals surface area contributed by atoms with Crippen molar-refractivity contribution in [2.75, 3.05) is 18.4 Å². The summed E-state index contributed by atoms with van der Waals surface area (Å²) >= 11 is 0. The Morgan fingerprint density at radius 2 is 1.76 bits per heavy atom. The molecule has 0 atom stereocenters. The molecule has 178 valence electrons. The molecule has 1 aliphatic rings. The van der Waals surface area contributed by atoms with Crippen LogP contribution in [-0.4, -0.2) is 41.9 Å². The summed E-state index contributed by atoms with van der Waals surface area (Å²) in [6.07, 6.45) is 4.28. The van der Waals surface area contributed by atoms with E-state index in [0.717, 1.165) is 16.8 Å². The van der Waals surface area contributed by atoms with Crippen LogP contribution in [-0.2, 0) is 14.8 Å². The maximum absolute atomic E-state index is 13.4. The van der Waals surface area contributed by atoms with Crippen molar-refractivity contribution >= 4 is 33.9 Å². The molecule has 1 amide bonds. The number of carbonyl (C=O) groups is 1. The van der Waals surface area contributed by atoms with Gasteiger partial charge in [-0.25, -0.2) is 13.4 Å². The Morgan fingerprint density at radius 3 is 2.44 bits per heavy atom. The van der Waals surface area contributed by atoms with Crippen LogP contribution in [0.3, 0.4) is 0 Å². The molecule has 0 unspecified atom stereocenters. The molecule has 8 nitrogen and oxygen atoms in total. The normalized spacial score (nSPS) is 15.6. The highest BCUT2D eigenvalue weighted by Crippen LogP contribution is 2.29. The molecule has 3 aromatic rings. The molecule has 0 bridgehead atoms. The number of aryl methyl sites for hydroxylation is 3. The van der Waals surface area contributed by atoms with Crippen LogP contribution < -0.4 is 5.32 Å². The van der Waals surface area contributed by atoms with Gasteiger partial charge in [-0.05, 0) is 57.4 Å². The van der Waals surface area contributed by atoms with Crippen LogP contribution in [0.4, 0.5) is 5.82 Å². The zero-order chi connectivity index (χ0) is 24.3. The number of amides is 1. The average Bonchev–Trinajstić information content (AvgIpc) is 3.20. The number of pyridine rings is 1. The Balaban J connectivity index is 1.45. The number of hydrogen-bond donors (Lipinski definition) is 1. The first-order valence-electron chi connectivity index (χ1n) is 11.2. The monoisotopic (exact) mass is 480 g/mol. The lowest BCUT2D eigenvalue weighted by molar-refractivity contribution is -0.120. The minimum absolute atomic E-state index is 0.0720. The third-order valence-corrected chi connectivity index (χ3v) is 7.96. The first kappa shape index (κ1) is 23.8. The number of hydrogen-bond acceptors (Lipinski definition) is 6. The summed E-state index contributed by atoms with van der Waals surface area (Å²) in [5.74, 6) is 0.282. The van der Waals surface area contributed by atoms with Gasteiger partial charge in [-0.2, -0.15) is 4.31 Å². The third-order valence-electron chi connectivity index (χ3n) is 5.90. The Kier molecular flexibility index (Phi) is 6.95. The second-order valence-corrected chi connectivity index (χ2v) is 10.4. The van der Waals surface area contributed by atoms with Crippen molar-refractivity contribution in [1.82, 2.24) is 14.4 Å². The van der Waals surface area contributed by atoms with Crippen molar-refractivity contribution in [2.45, 2.75) is 38.5 Å². The van der Waals surface area contributed by atoms with Gasteiger partial charge in [-0.3, -0.25) is 4.79 Å². The van der Waals surface area contributed by atoms with Gasteiger partial charge in [0.25, 0.3) is 0 Å². The molecule has 1 N–H and O–H groups in total. The summed E-state index contributed by atoms with van der Waals surface area (Å²) in [7, 11) is -3.82. The molecule has 0 saturated carbocycles. The van der Waals surface area contributed by atoms with E-state index in [1.807, 2.05) is 50.2 Å². The van der Waals surface area contributed by atoms with Gasteiger partial charge in [-0.15, -0.1) is 0 Å². The smallest absolute Gasteiger partial charge is 0.248 e. The number of nitrogens with zero attached hydrogens (tertiary/aromatic N) is 3. The molecule has 1 aromatic carbocycles. The lowest BCUT2D eigenvalue weighted by Gasteiger charge is -2.30. The maximum atomic E-state index is 13.4. The fourth-order valence-corrected chi connectivity index (χ4v) is 5.70. The number of aromatic nitrogens is 2. The quantitative estimate of drug-likeness (QED) is 0.567. The van der Waals surface area contributed by atoms with Gasteiger partial charge in [-0.1, -0.05) is 47.1 Å². The van der Waals surface area contributed by atoms with E-state index in [4.69, 9.17) is 4.52 Å². The lowest BCUT2D eigenvalue weighted by atomic mass is 9.97. The zero-order valence-electron chi connectivity index (χ0n) is 19.5. The van der Waals surface area contributed by atoms with Crippen LogP contribution in [0, 0.1) is 26.7 Å². The van der Waals surface area contributed by atoms with E-state index in [-0.39, 0.29) is 35.6 Å². The fraction of sp³-hybridized carbons (Fsp3) is 0.320. The summed E-state index contributed by atoms with van der Waals surface area (Å²) in [4.78, 5) is 17.0. The number of piperidine rings is 1. The second kappa shape index (κ2) is 9.90. The third kappa shape index (κ3) is 5.26. The molecule has 1 saturated heterocycles. The van der Waals surface area contributed by atoms with E-state index >= 15 is 0 Å². The highest BCUT2D eigenvalue weighted by atomic mass is 32.2. The van der Waals surface area contributed by atoms with E-state index in [1.165, 1.54) is 4.31 Å². The molecule has 3 heterocycles. The number of anilines is 1. The van der Waals surface area contributed by atoms with Crippen LogP contribution in [0.25, 0.3) is 12.2 Å². The molecular weight excluding hydrogens is 452 g/mol. The Hall–Kier alpha value is -3.30. The molecule has 1 fully saturated rings. The van der Waals surface area contributed by atoms with Gasteiger partial charge in [0.05, 0.1) is 0 Å². The molecule has 9 heteroatoms. The predicted molar refractivity (Wildman–Crippen MR) is 130 cm³/mol. The molecule has 4 rings (SSSR count). The minimum atomic E-state index is -3.82. The van der Waals surface area contributed by atoms with Crippen molar-refractivity contribution in [3.63, 3.8) is 0 Å². The van der Waals surface area contributed by atoms with Gasteiger partial charge in [0.2, 0.25) is 15.9 Å². The number of carbonyl (C=O) groups excluding carboxylic acids is 1. The highest BCUT2D eigenvalue weighted by Gasteiger charge is 2.36. The Bertz CT molecular complexity index is 1300. The maximum Gasteiger partial charge on any atom is 0.248 e. The zero-order valence-corrected chi connectivity index (χ0v) is 20.3. The second-order valence-electron chi connectivity index (χ2n) is 8.54. The van der Waals surface area contributed by atoms with Crippen molar-refractivity contribution in [2.24, 2.45) is 5.92 Å². The van der Waals surface area contributed by atoms with Crippen LogP contribution in [0.1, 0.15) is 41.1 Å². The topological polar surface area (TPSA) is 105 Å². The van der Waals surface area contributed by atoms with E-state index in [2.05, 4.69) is 15.5 Å². The Morgan fingerprint density at radius 1 is 1.06 bits per heavy atom. The summed E-state index contributed by atoms with van der Waals surface area (Å²) in [5, 5.41) is 6.73. The van der Waals surface area contributed by atoms with Crippen molar-refractivity contribution in [1.29, 1.82) is 0 Å². The van der Waals surface area contributed by atoms with Gasteiger partial charge in [0, 0.05) is 24.7 Å². The molecule has 0 radical (unpaired) electrons. The van der Waals surface area contributed by atoms with Crippen molar-refractivity contribution in [3.05, 3.63) is 70.7 Å². The summed E-state index contributed by atoms with van der Waals surface area (Å²) in [6.45, 7) is 5.97. The first-order chi connectivity index (χ1) is 16.2. The van der Waals surface area contributed by atoms with Gasteiger partial charge in [0.1, 0.15) is 11.5 Å². The standard InChI is InChI=1S/C25H28N4O4S/c1-17-7-9-20(10-8-17)11-12-22-24(19(3)28-33-22)34(31,32)29-15-13-21(14-16-29)25(30)27-23-6-4-5-18(2)26-23/h4-12,21H,13-16H2,1-3H3,(H,26,27,30)/b12-11+. The van der Waals surface area contributed by atoms with Gasteiger partial charge in [0.15, 0.2) is 10.7 Å². The van der Waals surface area contributed by atoms with Crippen molar-refractivity contribution < 1.29 is 17.7 Å². The fourth-order valence-electron chi connectivity index (χ4n) is 3.98. The summed E-state index contributed by atoms with van der Waals surface area (Å²) in [6, 6.07) is 13.3. The van der Waals surface area contributed by atoms with Gasteiger partial charge >= 0.3 is 0 Å². The SMILES string of the molecule is Cc1ccc(/C=C/c2onc(C)c2S(=O)(=O)N2CCC(C(=O)Nc3cccc(C)n3)CC2)cc1. The van der Waals surface area contributed by atoms with E-state index < -0.39 is 10.0 Å². The van der Waals surface area contributed by atoms with Crippen molar-refractivity contribution in [3.8, 4) is 0 Å². The molecule has 2 aromatic heterocycles. The van der Waals surface area contributed by atoms with E-state index in [9.17, 15) is 13.2 Å². The molecule has 34 heavy (non-hydrogen) atoms. The van der Waals surface area contributed by atoms with Crippen LogP contribution in [0.2, 0.25) is 0 Å². The summed E-state index contributed by atoms with van der Waals surface area (Å²) in [5.41, 5.74) is 3.20. The van der Waals surface area contributed by atoms with Crippen LogP contribution >= 0.6 is 0 Å². The first-order valence-corrected chi connectivity index (χ1v) is 12.6. The Labute approximate surface area is 199 Å². The van der Waals surface area contributed by atoms with Crippen LogP contribution in [0.5, 0.6) is 0 Å². The lowest BCUT2D eigenvalue weighted by Crippen LogP contribution is -2.41. The molecule has 0 aliphatic carbocycles. The number of rotatable bonds is 6. The number of sulfonamides is 1. The number of benzene rings is 1. The van der Waals surface area contributed by atoms with E-state index in [0.29, 0.717) is 24.4 Å². The molecule has 0 spiro atoms. The minimum Gasteiger partial charge on any atom is -0.355 e. The predicted octanol–water partition coefficient (Wildman–Crippen LogP) is 4.20. The summed E-state index contributed by atoms with van der Waals surface area (Å²) < 4.78 is 33.6. The van der Waals surface area contributed by atoms with Gasteiger partial charge < -0.3 is 9.84 Å². The van der Waals surface area contributed by atoms with E-state index in [1.54, 1.807) is 25.1 Å². The number of nitrogens with one attached hydrogen (secondary N) is 1. The molecular formula is C25H28N4O4S. The average molecular weight is 481 g/mol. The largest absolute Gasteiger partial charge is 0.355 e. The molecule has 1 aliphatic heterocycles. The highest BCUT2D eigenvalue weighted by molar-refractivity contribution is 7.89.